The molecule has 1 aromatic rings. The van der Waals surface area contributed by atoms with Crippen molar-refractivity contribution in [3.05, 3.63) is 11.7 Å². The number of rotatable bonds is 6. The zero-order valence-electron chi connectivity index (χ0n) is 13.6. The Morgan fingerprint density at radius 3 is 2.78 bits per heavy atom. The van der Waals surface area contributed by atoms with Gasteiger partial charge in [-0.15, -0.1) is 0 Å². The lowest BCUT2D eigenvalue weighted by molar-refractivity contribution is -0.0939. The number of amides is 2. The van der Waals surface area contributed by atoms with Crippen LogP contribution in [0.5, 0.6) is 0 Å². The summed E-state index contributed by atoms with van der Waals surface area (Å²) in [6.07, 6.45) is 6.11. The van der Waals surface area contributed by atoms with E-state index in [1.54, 1.807) is 7.11 Å². The van der Waals surface area contributed by atoms with E-state index >= 15 is 0 Å². The summed E-state index contributed by atoms with van der Waals surface area (Å²) in [6.45, 7) is 2.65. The Bertz CT molecular complexity index is 574. The Balaban J connectivity index is 1.26. The van der Waals surface area contributed by atoms with Crippen LogP contribution in [0.2, 0.25) is 0 Å². The molecule has 0 unspecified atom stereocenters. The smallest absolute Gasteiger partial charge is 0.317 e. The Morgan fingerprint density at radius 2 is 2.17 bits per heavy atom. The highest BCUT2D eigenvalue weighted by Crippen LogP contribution is 2.48. The number of nitrogens with zero attached hydrogens (tertiary/aromatic N) is 3. The predicted molar refractivity (Wildman–Crippen MR) is 81.7 cm³/mol. The molecule has 0 spiro atoms. The normalized spacial score (nSPS) is 23.3. The SMILES string of the molecule is COCC1(C2CCC2)CN(C(=O)NCc2noc(C3CC3)n2)C1. The summed E-state index contributed by atoms with van der Waals surface area (Å²) in [4.78, 5) is 18.4. The molecule has 0 atom stereocenters. The molecule has 1 N–H and O–H groups in total. The van der Waals surface area contributed by atoms with Gasteiger partial charge < -0.3 is 19.5 Å². The van der Waals surface area contributed by atoms with Crippen LogP contribution in [-0.2, 0) is 11.3 Å². The summed E-state index contributed by atoms with van der Waals surface area (Å²) in [5.74, 6) is 2.43. The summed E-state index contributed by atoms with van der Waals surface area (Å²) in [7, 11) is 1.75. The number of carbonyl (C=O) groups excluding carboxylic acids is 1. The molecule has 2 amide bonds. The van der Waals surface area contributed by atoms with Crippen molar-refractivity contribution in [2.24, 2.45) is 11.3 Å². The van der Waals surface area contributed by atoms with Crippen LogP contribution in [0.15, 0.2) is 4.52 Å². The average molecular weight is 320 g/mol. The second kappa shape index (κ2) is 5.78. The highest BCUT2D eigenvalue weighted by Gasteiger charge is 2.52. The molecule has 3 aliphatic rings. The Hall–Kier alpha value is -1.63. The third-order valence-electron chi connectivity index (χ3n) is 5.51. The maximum absolute atomic E-state index is 12.3. The van der Waals surface area contributed by atoms with Crippen molar-refractivity contribution in [1.29, 1.82) is 0 Å². The molecule has 0 bridgehead atoms. The maximum Gasteiger partial charge on any atom is 0.317 e. The van der Waals surface area contributed by atoms with E-state index in [-0.39, 0.29) is 11.4 Å². The van der Waals surface area contributed by atoms with Crippen molar-refractivity contribution in [3.63, 3.8) is 0 Å². The van der Waals surface area contributed by atoms with Gasteiger partial charge in [-0.2, -0.15) is 4.98 Å². The fraction of sp³-hybridized carbons (Fsp3) is 0.812. The zero-order chi connectivity index (χ0) is 15.9. The Kier molecular flexibility index (Phi) is 3.75. The minimum Gasteiger partial charge on any atom is -0.384 e. The second-order valence-electron chi connectivity index (χ2n) is 7.26. The van der Waals surface area contributed by atoms with Crippen molar-refractivity contribution in [2.45, 2.75) is 44.6 Å². The molecule has 2 saturated carbocycles. The van der Waals surface area contributed by atoms with Crippen molar-refractivity contribution >= 4 is 6.03 Å². The fourth-order valence-corrected chi connectivity index (χ4v) is 3.73. The van der Waals surface area contributed by atoms with Crippen LogP contribution in [0.25, 0.3) is 0 Å². The summed E-state index contributed by atoms with van der Waals surface area (Å²) in [6, 6.07) is -0.0474. The second-order valence-corrected chi connectivity index (χ2v) is 7.26. The number of urea groups is 1. The van der Waals surface area contributed by atoms with Gasteiger partial charge in [-0.05, 0) is 31.6 Å². The van der Waals surface area contributed by atoms with Gasteiger partial charge in [0.1, 0.15) is 0 Å². The molecule has 126 valence electrons. The summed E-state index contributed by atoms with van der Waals surface area (Å²) in [5, 5.41) is 6.81. The van der Waals surface area contributed by atoms with Crippen molar-refractivity contribution in [1.82, 2.24) is 20.4 Å². The van der Waals surface area contributed by atoms with Gasteiger partial charge in [-0.25, -0.2) is 4.79 Å². The number of aromatic nitrogens is 2. The number of carbonyl (C=O) groups is 1. The van der Waals surface area contributed by atoms with E-state index < -0.39 is 0 Å². The largest absolute Gasteiger partial charge is 0.384 e. The predicted octanol–water partition coefficient (Wildman–Crippen LogP) is 1.91. The topological polar surface area (TPSA) is 80.5 Å². The van der Waals surface area contributed by atoms with E-state index in [4.69, 9.17) is 9.26 Å². The quantitative estimate of drug-likeness (QED) is 0.866. The molecule has 1 aromatic heterocycles. The first kappa shape index (κ1) is 14.9. The van der Waals surface area contributed by atoms with E-state index in [1.165, 1.54) is 19.3 Å². The van der Waals surface area contributed by atoms with Gasteiger partial charge in [0.15, 0.2) is 5.82 Å². The van der Waals surface area contributed by atoms with E-state index in [0.717, 1.165) is 32.5 Å². The lowest BCUT2D eigenvalue weighted by Crippen LogP contribution is -2.66. The zero-order valence-corrected chi connectivity index (χ0v) is 13.6. The van der Waals surface area contributed by atoms with Crippen LogP contribution in [0.1, 0.15) is 49.7 Å². The summed E-state index contributed by atoms with van der Waals surface area (Å²) >= 11 is 0. The number of hydrogen-bond donors (Lipinski definition) is 1. The van der Waals surface area contributed by atoms with Crippen LogP contribution >= 0.6 is 0 Å². The number of methoxy groups -OCH3 is 1. The molecule has 23 heavy (non-hydrogen) atoms. The lowest BCUT2D eigenvalue weighted by atomic mass is 9.61. The molecule has 2 aliphatic carbocycles. The number of ether oxygens (including phenoxy) is 1. The van der Waals surface area contributed by atoms with Crippen LogP contribution in [0, 0.1) is 11.3 Å². The van der Waals surface area contributed by atoms with Gasteiger partial charge in [-0.3, -0.25) is 0 Å². The molecule has 0 aromatic carbocycles. The Labute approximate surface area is 135 Å². The first-order valence-corrected chi connectivity index (χ1v) is 8.54. The molecule has 7 heteroatoms. The highest BCUT2D eigenvalue weighted by molar-refractivity contribution is 5.75. The minimum atomic E-state index is -0.0474. The summed E-state index contributed by atoms with van der Waals surface area (Å²) in [5.41, 5.74) is 0.176. The van der Waals surface area contributed by atoms with E-state index in [9.17, 15) is 4.79 Å². The first-order chi connectivity index (χ1) is 11.2. The van der Waals surface area contributed by atoms with Crippen molar-refractivity contribution in [2.75, 3.05) is 26.8 Å². The van der Waals surface area contributed by atoms with Gasteiger partial charge >= 0.3 is 6.03 Å². The molecule has 7 nitrogen and oxygen atoms in total. The van der Waals surface area contributed by atoms with Crippen LogP contribution in [0.4, 0.5) is 4.79 Å². The maximum atomic E-state index is 12.3. The highest BCUT2D eigenvalue weighted by atomic mass is 16.5. The molecule has 2 heterocycles. The first-order valence-electron chi connectivity index (χ1n) is 8.54. The molecule has 3 fully saturated rings. The number of hydrogen-bond acceptors (Lipinski definition) is 5. The van der Waals surface area contributed by atoms with Gasteiger partial charge in [0.05, 0.1) is 13.2 Å². The summed E-state index contributed by atoms with van der Waals surface area (Å²) < 4.78 is 10.6. The van der Waals surface area contributed by atoms with Crippen LogP contribution in [0.3, 0.4) is 0 Å². The van der Waals surface area contributed by atoms with Crippen LogP contribution < -0.4 is 5.32 Å². The Morgan fingerprint density at radius 1 is 1.39 bits per heavy atom. The third-order valence-corrected chi connectivity index (χ3v) is 5.51. The standard InChI is InChI=1S/C16H24N4O3/c1-22-10-16(12-3-2-4-12)8-20(9-16)15(21)17-7-13-18-14(23-19-13)11-5-6-11/h11-12H,2-10H2,1H3,(H,17,21). The molecular weight excluding hydrogens is 296 g/mol. The van der Waals surface area contributed by atoms with Gasteiger partial charge in [0.2, 0.25) is 5.89 Å². The van der Waals surface area contributed by atoms with E-state index in [2.05, 4.69) is 15.5 Å². The van der Waals surface area contributed by atoms with E-state index in [1.807, 2.05) is 4.90 Å². The van der Waals surface area contributed by atoms with Gasteiger partial charge in [-0.1, -0.05) is 11.6 Å². The molecule has 4 rings (SSSR count). The van der Waals surface area contributed by atoms with E-state index in [0.29, 0.717) is 30.1 Å². The van der Waals surface area contributed by atoms with Crippen LogP contribution in [-0.4, -0.2) is 47.9 Å². The average Bonchev–Trinajstić information content (AvgIpc) is 3.19. The molecule has 1 aliphatic heterocycles. The lowest BCUT2D eigenvalue weighted by Gasteiger charge is -2.56. The molecule has 0 radical (unpaired) electrons. The van der Waals surface area contributed by atoms with Gasteiger partial charge in [0, 0.05) is 31.5 Å². The molecule has 1 saturated heterocycles. The third kappa shape index (κ3) is 2.82. The van der Waals surface area contributed by atoms with Gasteiger partial charge in [0.25, 0.3) is 0 Å². The van der Waals surface area contributed by atoms with Crippen molar-refractivity contribution < 1.29 is 14.1 Å². The monoisotopic (exact) mass is 320 g/mol. The van der Waals surface area contributed by atoms with Crippen molar-refractivity contribution in [3.8, 4) is 0 Å². The minimum absolute atomic E-state index is 0.0474. The number of nitrogens with one attached hydrogen (secondary N) is 1. The number of likely N-dealkylation sites (tertiary alicyclic amines) is 1. The molecular formula is C16H24N4O3. The fourth-order valence-electron chi connectivity index (χ4n) is 3.73.